The summed E-state index contributed by atoms with van der Waals surface area (Å²) in [7, 11) is 0. The Morgan fingerprint density at radius 1 is 1.38 bits per heavy atom. The highest BCUT2D eigenvalue weighted by molar-refractivity contribution is 14.1. The average Bonchev–Trinajstić information content (AvgIpc) is 3.10. The quantitative estimate of drug-likeness (QED) is 0.536. The van der Waals surface area contributed by atoms with Crippen molar-refractivity contribution < 1.29 is 9.59 Å². The molecule has 2 saturated carbocycles. The lowest BCUT2D eigenvalue weighted by atomic mass is 10.0. The number of fused-ring (bicyclic) bond motifs is 1. The van der Waals surface area contributed by atoms with Crippen molar-refractivity contribution in [3.05, 3.63) is 0 Å². The van der Waals surface area contributed by atoms with Crippen molar-refractivity contribution >= 4 is 34.6 Å². The molecule has 0 aromatic heterocycles. The highest BCUT2D eigenvalue weighted by Crippen LogP contribution is 2.44. The Morgan fingerprint density at radius 2 is 2.05 bits per heavy atom. The van der Waals surface area contributed by atoms with Crippen molar-refractivity contribution in [2.24, 2.45) is 11.8 Å². The number of carbonyl (C=O) groups excluding carboxylic acids is 2. The number of ketones is 1. The second-order valence-electron chi connectivity index (χ2n) is 6.52. The minimum absolute atomic E-state index is 0.0709. The number of Topliss-reactive ketones (excluding diaryl/α,β-unsaturated/α-hetero) is 1. The summed E-state index contributed by atoms with van der Waals surface area (Å²) < 4.78 is 2.11. The van der Waals surface area contributed by atoms with E-state index in [0.29, 0.717) is 36.8 Å². The number of hydrogen-bond donors (Lipinski definition) is 0. The van der Waals surface area contributed by atoms with Gasteiger partial charge in [-0.2, -0.15) is 5.26 Å². The van der Waals surface area contributed by atoms with Gasteiger partial charge in [0.2, 0.25) is 5.91 Å². The van der Waals surface area contributed by atoms with Crippen LogP contribution in [-0.2, 0) is 9.59 Å². The van der Waals surface area contributed by atoms with Crippen molar-refractivity contribution in [2.75, 3.05) is 13.1 Å². The van der Waals surface area contributed by atoms with Gasteiger partial charge in [0, 0.05) is 48.3 Å². The highest BCUT2D eigenvalue weighted by Gasteiger charge is 2.43. The molecule has 1 saturated heterocycles. The van der Waals surface area contributed by atoms with Crippen LogP contribution < -0.4 is 0 Å². The number of carbonyl (C=O) groups is 2. The number of amides is 1. The Bertz CT molecular complexity index is 474. The van der Waals surface area contributed by atoms with Crippen LogP contribution in [0.5, 0.6) is 0 Å². The van der Waals surface area contributed by atoms with E-state index in [0.717, 1.165) is 38.5 Å². The smallest absolute Gasteiger partial charge is 0.238 e. The van der Waals surface area contributed by atoms with Crippen LogP contribution in [0.25, 0.3) is 0 Å². The van der Waals surface area contributed by atoms with Crippen LogP contribution in [-0.4, -0.2) is 44.9 Å². The van der Waals surface area contributed by atoms with E-state index in [2.05, 4.69) is 32.0 Å². The maximum Gasteiger partial charge on any atom is 0.238 e. The van der Waals surface area contributed by atoms with Crippen LogP contribution in [0, 0.1) is 23.2 Å². The molecule has 2 aliphatic carbocycles. The van der Waals surface area contributed by atoms with E-state index in [9.17, 15) is 9.59 Å². The first-order valence-electron chi connectivity index (χ1n) is 7.71. The molecule has 114 valence electrons. The van der Waals surface area contributed by atoms with Gasteiger partial charge in [-0.15, -0.1) is 0 Å². The van der Waals surface area contributed by atoms with Crippen molar-refractivity contribution in [1.82, 2.24) is 8.01 Å². The molecule has 0 aromatic rings. The summed E-state index contributed by atoms with van der Waals surface area (Å²) in [6.45, 7) is 1.10. The van der Waals surface area contributed by atoms with Gasteiger partial charge < -0.3 is 4.90 Å². The van der Waals surface area contributed by atoms with E-state index in [-0.39, 0.29) is 11.9 Å². The van der Waals surface area contributed by atoms with Crippen molar-refractivity contribution in [1.29, 1.82) is 5.26 Å². The minimum Gasteiger partial charge on any atom is -0.326 e. The lowest BCUT2D eigenvalue weighted by molar-refractivity contribution is -0.131. The Hall–Kier alpha value is -0.680. The fraction of sp³-hybridized carbons (Fsp3) is 0.800. The number of halogens is 1. The van der Waals surface area contributed by atoms with Crippen LogP contribution in [0.2, 0.25) is 0 Å². The fourth-order valence-electron chi connectivity index (χ4n) is 4.13. The van der Waals surface area contributed by atoms with Gasteiger partial charge in [0.1, 0.15) is 11.8 Å². The highest BCUT2D eigenvalue weighted by atomic mass is 127. The molecule has 3 rings (SSSR count). The molecular weight excluding hydrogens is 381 g/mol. The van der Waals surface area contributed by atoms with E-state index in [1.165, 1.54) is 0 Å². The van der Waals surface area contributed by atoms with E-state index >= 15 is 0 Å². The van der Waals surface area contributed by atoms with E-state index in [1.807, 2.05) is 0 Å². The molecule has 1 unspecified atom stereocenters. The molecular formula is C15H20IN3O2. The molecule has 0 aromatic carbocycles. The molecule has 3 fully saturated rings. The number of nitrogens with zero attached hydrogens (tertiary/aromatic N) is 3. The van der Waals surface area contributed by atoms with Gasteiger partial charge in [0.25, 0.3) is 0 Å². The molecule has 21 heavy (non-hydrogen) atoms. The standard InChI is InChI=1S/C15H20IN3O2/c16-19(9-15(21)18-3-1-2-12(18)8-17)13-4-10-6-14(20)7-11(10)5-13/h10-13H,1-7,9H2/t10-,11+,12-,13?/m0/s1. The second kappa shape index (κ2) is 6.21. The maximum atomic E-state index is 12.4. The van der Waals surface area contributed by atoms with Gasteiger partial charge in [-0.25, -0.2) is 3.11 Å². The monoisotopic (exact) mass is 401 g/mol. The summed E-state index contributed by atoms with van der Waals surface area (Å²) in [5.74, 6) is 1.55. The van der Waals surface area contributed by atoms with Crippen LogP contribution >= 0.6 is 22.9 Å². The van der Waals surface area contributed by atoms with Gasteiger partial charge >= 0.3 is 0 Å². The molecule has 4 atom stereocenters. The predicted octanol–water partition coefficient (Wildman–Crippen LogP) is 1.91. The number of hydrogen-bond acceptors (Lipinski definition) is 4. The molecule has 0 spiro atoms. The number of nitriles is 1. The van der Waals surface area contributed by atoms with Gasteiger partial charge in [0.15, 0.2) is 0 Å². The van der Waals surface area contributed by atoms with Gasteiger partial charge in [-0.3, -0.25) is 9.59 Å². The molecule has 1 heterocycles. The zero-order chi connectivity index (χ0) is 15.0. The van der Waals surface area contributed by atoms with E-state index in [1.54, 1.807) is 4.90 Å². The second-order valence-corrected chi connectivity index (χ2v) is 7.76. The summed E-state index contributed by atoms with van der Waals surface area (Å²) in [6, 6.07) is 2.39. The lowest BCUT2D eigenvalue weighted by Gasteiger charge is -2.26. The van der Waals surface area contributed by atoms with Gasteiger partial charge in [0.05, 0.1) is 12.6 Å². The SMILES string of the molecule is N#C[C@@H]1CCCN1C(=O)CN(I)C1C[C@H]2CC(=O)C[C@H]2C1. The largest absolute Gasteiger partial charge is 0.326 e. The first-order valence-corrected chi connectivity index (χ1v) is 8.68. The Balaban J connectivity index is 1.53. The zero-order valence-electron chi connectivity index (χ0n) is 12.0. The zero-order valence-corrected chi connectivity index (χ0v) is 14.2. The Labute approximate surface area is 139 Å². The third-order valence-electron chi connectivity index (χ3n) is 5.20. The third-order valence-corrected chi connectivity index (χ3v) is 6.33. The molecule has 0 radical (unpaired) electrons. The number of likely N-dealkylation sites (tertiary alicyclic amines) is 1. The molecule has 0 bridgehead atoms. The first kappa shape index (κ1) is 15.2. The molecule has 1 amide bonds. The third kappa shape index (κ3) is 3.09. The van der Waals surface area contributed by atoms with Crippen LogP contribution in [0.15, 0.2) is 0 Å². The average molecular weight is 401 g/mol. The Kier molecular flexibility index (Phi) is 4.50. The Morgan fingerprint density at radius 3 is 2.67 bits per heavy atom. The summed E-state index contributed by atoms with van der Waals surface area (Å²) >= 11 is 2.25. The van der Waals surface area contributed by atoms with Crippen LogP contribution in [0.1, 0.15) is 38.5 Å². The van der Waals surface area contributed by atoms with Crippen molar-refractivity contribution in [3.63, 3.8) is 0 Å². The summed E-state index contributed by atoms with van der Waals surface area (Å²) in [5, 5.41) is 9.07. The number of rotatable bonds is 3. The molecule has 1 aliphatic heterocycles. The van der Waals surface area contributed by atoms with Crippen molar-refractivity contribution in [2.45, 2.75) is 50.6 Å². The minimum atomic E-state index is -0.233. The van der Waals surface area contributed by atoms with Gasteiger partial charge in [-0.05, 0) is 37.5 Å². The fourth-order valence-corrected chi connectivity index (χ4v) is 4.87. The predicted molar refractivity (Wildman–Crippen MR) is 85.3 cm³/mol. The van der Waals surface area contributed by atoms with Crippen LogP contribution in [0.3, 0.4) is 0 Å². The van der Waals surface area contributed by atoms with Crippen LogP contribution in [0.4, 0.5) is 0 Å². The topological polar surface area (TPSA) is 64.4 Å². The summed E-state index contributed by atoms with van der Waals surface area (Å²) in [6.07, 6.45) is 5.28. The molecule has 6 heteroatoms. The maximum absolute atomic E-state index is 12.4. The first-order chi connectivity index (χ1) is 10.1. The molecule has 0 N–H and O–H groups in total. The lowest BCUT2D eigenvalue weighted by Crippen LogP contribution is -2.41. The van der Waals surface area contributed by atoms with Crippen molar-refractivity contribution in [3.8, 4) is 6.07 Å². The normalized spacial score (nSPS) is 35.3. The van der Waals surface area contributed by atoms with E-state index < -0.39 is 0 Å². The summed E-state index contributed by atoms with van der Waals surface area (Å²) in [4.78, 5) is 25.5. The van der Waals surface area contributed by atoms with E-state index in [4.69, 9.17) is 5.26 Å². The summed E-state index contributed by atoms with van der Waals surface area (Å²) in [5.41, 5.74) is 0. The molecule has 5 nitrogen and oxygen atoms in total. The molecule has 3 aliphatic rings. The van der Waals surface area contributed by atoms with Gasteiger partial charge in [-0.1, -0.05) is 0 Å².